The second-order valence-electron chi connectivity index (χ2n) is 2.98. The number of carbonyl (C=O) groups is 2. The third-order valence-electron chi connectivity index (χ3n) is 2.08. The Morgan fingerprint density at radius 1 is 1.27 bits per heavy atom. The number of rotatable bonds is 3. The highest BCUT2D eigenvalue weighted by Crippen LogP contribution is 2.16. The SMILES string of the molecule is CNC(=O)[C@@H](C(=O)OC)c1ccccc1. The molecule has 1 aromatic carbocycles. The van der Waals surface area contributed by atoms with E-state index in [1.54, 1.807) is 24.3 Å². The maximum atomic E-state index is 11.5. The van der Waals surface area contributed by atoms with Gasteiger partial charge >= 0.3 is 5.97 Å². The van der Waals surface area contributed by atoms with Crippen molar-refractivity contribution in [2.45, 2.75) is 5.92 Å². The van der Waals surface area contributed by atoms with Gasteiger partial charge in [0, 0.05) is 7.05 Å². The van der Waals surface area contributed by atoms with Gasteiger partial charge in [-0.25, -0.2) is 0 Å². The predicted octanol–water partition coefficient (Wildman–Crippen LogP) is 0.689. The van der Waals surface area contributed by atoms with Gasteiger partial charge in [0.05, 0.1) is 7.11 Å². The van der Waals surface area contributed by atoms with Crippen LogP contribution in [0, 0.1) is 0 Å². The Hall–Kier alpha value is -1.84. The van der Waals surface area contributed by atoms with E-state index in [0.717, 1.165) is 0 Å². The summed E-state index contributed by atoms with van der Waals surface area (Å²) in [6.07, 6.45) is 0. The van der Waals surface area contributed by atoms with Crippen LogP contribution in [0.25, 0.3) is 0 Å². The molecule has 4 nitrogen and oxygen atoms in total. The Labute approximate surface area is 88.2 Å². The lowest BCUT2D eigenvalue weighted by molar-refractivity contribution is -0.146. The van der Waals surface area contributed by atoms with Crippen LogP contribution in [-0.4, -0.2) is 26.0 Å². The van der Waals surface area contributed by atoms with E-state index in [4.69, 9.17) is 0 Å². The van der Waals surface area contributed by atoms with Crippen LogP contribution in [0.2, 0.25) is 0 Å². The van der Waals surface area contributed by atoms with E-state index in [1.807, 2.05) is 6.07 Å². The first-order valence-electron chi connectivity index (χ1n) is 4.55. The first kappa shape index (κ1) is 11.2. The van der Waals surface area contributed by atoms with Gasteiger partial charge in [0.2, 0.25) is 5.91 Å². The molecule has 0 radical (unpaired) electrons. The van der Waals surface area contributed by atoms with Gasteiger partial charge in [0.1, 0.15) is 0 Å². The molecule has 0 fully saturated rings. The summed E-state index contributed by atoms with van der Waals surface area (Å²) in [7, 11) is 2.75. The summed E-state index contributed by atoms with van der Waals surface area (Å²) in [4.78, 5) is 22.9. The molecule has 1 amide bonds. The molecule has 1 atom stereocenters. The van der Waals surface area contributed by atoms with Crippen LogP contribution in [0.5, 0.6) is 0 Å². The fourth-order valence-electron chi connectivity index (χ4n) is 1.30. The largest absolute Gasteiger partial charge is 0.468 e. The Bertz CT molecular complexity index is 332. The zero-order valence-electron chi connectivity index (χ0n) is 8.69. The molecule has 0 aliphatic carbocycles. The van der Waals surface area contributed by atoms with Crippen molar-refractivity contribution >= 4 is 11.9 Å². The normalized spacial score (nSPS) is 11.6. The molecule has 0 spiro atoms. The first-order valence-corrected chi connectivity index (χ1v) is 4.55. The average molecular weight is 207 g/mol. The monoisotopic (exact) mass is 207 g/mol. The summed E-state index contributed by atoms with van der Waals surface area (Å²) in [5.41, 5.74) is 0.628. The van der Waals surface area contributed by atoms with Crippen LogP contribution in [0.3, 0.4) is 0 Å². The van der Waals surface area contributed by atoms with Gasteiger partial charge in [0.25, 0.3) is 0 Å². The second kappa shape index (κ2) is 5.14. The Balaban J connectivity index is 3.02. The van der Waals surface area contributed by atoms with Gasteiger partial charge in [-0.3, -0.25) is 9.59 Å². The fraction of sp³-hybridized carbons (Fsp3) is 0.273. The van der Waals surface area contributed by atoms with Crippen LogP contribution < -0.4 is 5.32 Å². The summed E-state index contributed by atoms with van der Waals surface area (Å²) in [5.74, 6) is -1.81. The lowest BCUT2D eigenvalue weighted by atomic mass is 9.98. The lowest BCUT2D eigenvalue weighted by Crippen LogP contribution is -2.31. The molecule has 0 aromatic heterocycles. The third kappa shape index (κ3) is 2.56. The van der Waals surface area contributed by atoms with Crippen molar-refractivity contribution in [3.8, 4) is 0 Å². The zero-order chi connectivity index (χ0) is 11.3. The van der Waals surface area contributed by atoms with Crippen LogP contribution in [0.4, 0.5) is 0 Å². The smallest absolute Gasteiger partial charge is 0.322 e. The van der Waals surface area contributed by atoms with E-state index < -0.39 is 11.9 Å². The number of carbonyl (C=O) groups excluding carboxylic acids is 2. The number of methoxy groups -OCH3 is 1. The van der Waals surface area contributed by atoms with Gasteiger partial charge in [-0.05, 0) is 5.56 Å². The van der Waals surface area contributed by atoms with E-state index >= 15 is 0 Å². The highest BCUT2D eigenvalue weighted by atomic mass is 16.5. The minimum absolute atomic E-state index is 0.368. The van der Waals surface area contributed by atoms with Gasteiger partial charge in [-0.2, -0.15) is 0 Å². The van der Waals surface area contributed by atoms with E-state index in [2.05, 4.69) is 10.1 Å². The van der Waals surface area contributed by atoms with Gasteiger partial charge in [-0.15, -0.1) is 0 Å². The number of nitrogens with one attached hydrogen (secondary N) is 1. The molecule has 1 rings (SSSR count). The number of hydrogen-bond donors (Lipinski definition) is 1. The van der Waals surface area contributed by atoms with Crippen molar-refractivity contribution in [2.24, 2.45) is 0 Å². The third-order valence-corrected chi connectivity index (χ3v) is 2.08. The molecule has 15 heavy (non-hydrogen) atoms. The number of likely N-dealkylation sites (N-methyl/N-ethyl adjacent to an activating group) is 1. The summed E-state index contributed by atoms with van der Waals surface area (Å²) in [5, 5.41) is 2.44. The highest BCUT2D eigenvalue weighted by molar-refractivity contribution is 6.03. The van der Waals surface area contributed by atoms with Crippen molar-refractivity contribution < 1.29 is 14.3 Å². The molecule has 0 saturated heterocycles. The molecule has 4 heteroatoms. The average Bonchev–Trinajstić information content (AvgIpc) is 2.30. The van der Waals surface area contributed by atoms with Crippen LogP contribution in [0.15, 0.2) is 30.3 Å². The molecule has 1 N–H and O–H groups in total. The number of benzene rings is 1. The Morgan fingerprint density at radius 2 is 1.87 bits per heavy atom. The topological polar surface area (TPSA) is 55.4 Å². The van der Waals surface area contributed by atoms with Crippen molar-refractivity contribution in [1.82, 2.24) is 5.32 Å². The lowest BCUT2D eigenvalue weighted by Gasteiger charge is -2.12. The quantitative estimate of drug-likeness (QED) is 0.586. The molecule has 0 bridgehead atoms. The van der Waals surface area contributed by atoms with E-state index in [1.165, 1.54) is 14.2 Å². The van der Waals surface area contributed by atoms with Gasteiger partial charge in [0.15, 0.2) is 5.92 Å². The zero-order valence-corrected chi connectivity index (χ0v) is 8.69. The summed E-state index contributed by atoms with van der Waals surface area (Å²) >= 11 is 0. The predicted molar refractivity (Wildman–Crippen MR) is 55.3 cm³/mol. The summed E-state index contributed by atoms with van der Waals surface area (Å²) < 4.78 is 4.59. The van der Waals surface area contributed by atoms with E-state index in [9.17, 15) is 9.59 Å². The number of amides is 1. The van der Waals surface area contributed by atoms with Crippen molar-refractivity contribution in [3.05, 3.63) is 35.9 Å². The molecule has 0 heterocycles. The molecule has 0 unspecified atom stereocenters. The van der Waals surface area contributed by atoms with Gasteiger partial charge in [-0.1, -0.05) is 30.3 Å². The maximum Gasteiger partial charge on any atom is 0.322 e. The standard InChI is InChI=1S/C11H13NO3/c1-12-10(13)9(11(14)15-2)8-6-4-3-5-7-8/h3-7,9H,1-2H3,(H,12,13)/t9-/m0/s1. The molecule has 1 aromatic rings. The van der Waals surface area contributed by atoms with E-state index in [0.29, 0.717) is 5.56 Å². The number of esters is 1. The molecular weight excluding hydrogens is 194 g/mol. The van der Waals surface area contributed by atoms with E-state index in [-0.39, 0.29) is 5.91 Å². The maximum absolute atomic E-state index is 11.5. The summed E-state index contributed by atoms with van der Waals surface area (Å²) in [6, 6.07) is 8.80. The molecular formula is C11H13NO3. The van der Waals surface area contributed by atoms with Crippen LogP contribution in [-0.2, 0) is 14.3 Å². The first-order chi connectivity index (χ1) is 7.20. The fourth-order valence-corrected chi connectivity index (χ4v) is 1.30. The molecule has 0 aliphatic heterocycles. The molecule has 0 saturated carbocycles. The second-order valence-corrected chi connectivity index (χ2v) is 2.98. The van der Waals surface area contributed by atoms with Gasteiger partial charge < -0.3 is 10.1 Å². The Kier molecular flexibility index (Phi) is 3.85. The minimum atomic E-state index is -0.888. The molecule has 0 aliphatic rings. The highest BCUT2D eigenvalue weighted by Gasteiger charge is 2.28. The minimum Gasteiger partial charge on any atom is -0.468 e. The van der Waals surface area contributed by atoms with Crippen LogP contribution in [0.1, 0.15) is 11.5 Å². The number of ether oxygens (including phenoxy) is 1. The van der Waals surface area contributed by atoms with Crippen LogP contribution >= 0.6 is 0 Å². The van der Waals surface area contributed by atoms with Crippen molar-refractivity contribution in [3.63, 3.8) is 0 Å². The molecule has 80 valence electrons. The Morgan fingerprint density at radius 3 is 2.33 bits per heavy atom. The van der Waals surface area contributed by atoms with Crippen molar-refractivity contribution in [1.29, 1.82) is 0 Å². The van der Waals surface area contributed by atoms with Crippen molar-refractivity contribution in [2.75, 3.05) is 14.2 Å². The summed E-state index contributed by atoms with van der Waals surface area (Å²) in [6.45, 7) is 0. The number of hydrogen-bond acceptors (Lipinski definition) is 3.